The molecule has 0 spiro atoms. The number of methoxy groups -OCH3 is 1. The highest BCUT2D eigenvalue weighted by molar-refractivity contribution is 5.89. The molecule has 0 amide bonds. The maximum atomic E-state index is 10.5. The highest BCUT2D eigenvalue weighted by atomic mass is 16.5. The van der Waals surface area contributed by atoms with E-state index in [2.05, 4.69) is 4.74 Å². The molecule has 0 unspecified atom stereocenters. The number of rotatable bonds is 3. The average molecular weight is 170 g/mol. The minimum atomic E-state index is -0.830. The van der Waals surface area contributed by atoms with Gasteiger partial charge in [-0.05, 0) is 19.1 Å². The Morgan fingerprint density at radius 1 is 1.42 bits per heavy atom. The van der Waals surface area contributed by atoms with Gasteiger partial charge in [-0.25, -0.2) is 4.79 Å². The van der Waals surface area contributed by atoms with Crippen molar-refractivity contribution in [3.8, 4) is 0 Å². The van der Waals surface area contributed by atoms with Crippen molar-refractivity contribution in [2.24, 2.45) is 0 Å². The smallest absolute Gasteiger partial charge is 0.373 e. The zero-order chi connectivity index (χ0) is 9.56. The van der Waals surface area contributed by atoms with Gasteiger partial charge in [0.2, 0.25) is 5.76 Å². The fourth-order valence-electron chi connectivity index (χ4n) is 0.447. The van der Waals surface area contributed by atoms with Gasteiger partial charge in [-0.15, -0.1) is 0 Å². The first kappa shape index (κ1) is 10.4. The summed E-state index contributed by atoms with van der Waals surface area (Å²) in [6.45, 7) is 1.36. The van der Waals surface area contributed by atoms with Crippen molar-refractivity contribution >= 4 is 11.8 Å². The van der Waals surface area contributed by atoms with Crippen LogP contribution in [-0.2, 0) is 14.3 Å². The fourth-order valence-corrected chi connectivity index (χ4v) is 0.447. The number of hydrogen-bond donors (Lipinski definition) is 1. The Bertz CT molecular complexity index is 237. The van der Waals surface area contributed by atoms with Crippen LogP contribution in [0, 0.1) is 0 Å². The second-order valence-electron chi connectivity index (χ2n) is 2.01. The van der Waals surface area contributed by atoms with Crippen LogP contribution in [0.15, 0.2) is 24.0 Å². The number of aliphatic hydroxyl groups excluding tert-OH is 1. The summed E-state index contributed by atoms with van der Waals surface area (Å²) < 4.78 is 4.19. The number of ether oxygens (including phenoxy) is 1. The monoisotopic (exact) mass is 170 g/mol. The lowest BCUT2D eigenvalue weighted by Gasteiger charge is -1.93. The highest BCUT2D eigenvalue weighted by Crippen LogP contribution is 1.92. The summed E-state index contributed by atoms with van der Waals surface area (Å²) in [5.41, 5.74) is 0. The molecule has 0 heterocycles. The van der Waals surface area contributed by atoms with Gasteiger partial charge in [-0.1, -0.05) is 6.08 Å². The minimum Gasteiger partial charge on any atom is -0.502 e. The van der Waals surface area contributed by atoms with Crippen molar-refractivity contribution in [2.75, 3.05) is 7.11 Å². The predicted octanol–water partition coefficient (Wildman–Crippen LogP) is 0.746. The standard InChI is InChI=1S/C8H10O4/c1-6(9)4-3-5-7(10)8(11)12-2/h3-5,10H,1-2H3/b4-3+,7-5-. The lowest BCUT2D eigenvalue weighted by atomic mass is 10.3. The number of aliphatic hydroxyl groups is 1. The number of hydrogen-bond acceptors (Lipinski definition) is 4. The van der Waals surface area contributed by atoms with Gasteiger partial charge in [0.25, 0.3) is 0 Å². The quantitative estimate of drug-likeness (QED) is 0.294. The number of carbonyl (C=O) groups excluding carboxylic acids is 2. The van der Waals surface area contributed by atoms with Crippen molar-refractivity contribution in [3.63, 3.8) is 0 Å². The molecule has 1 N–H and O–H groups in total. The van der Waals surface area contributed by atoms with E-state index in [1.165, 1.54) is 19.1 Å². The number of esters is 1. The van der Waals surface area contributed by atoms with Crippen LogP contribution >= 0.6 is 0 Å². The Balaban J connectivity index is 4.18. The van der Waals surface area contributed by atoms with Crippen molar-refractivity contribution < 1.29 is 19.4 Å². The van der Waals surface area contributed by atoms with Crippen LogP contribution in [0.3, 0.4) is 0 Å². The van der Waals surface area contributed by atoms with E-state index >= 15 is 0 Å². The maximum Gasteiger partial charge on any atom is 0.373 e. The first-order valence-electron chi connectivity index (χ1n) is 3.24. The molecule has 0 aliphatic rings. The van der Waals surface area contributed by atoms with Crippen LogP contribution in [0.25, 0.3) is 0 Å². The van der Waals surface area contributed by atoms with Gasteiger partial charge in [0, 0.05) is 0 Å². The lowest BCUT2D eigenvalue weighted by molar-refractivity contribution is -0.139. The molecular weight excluding hydrogens is 160 g/mol. The van der Waals surface area contributed by atoms with Gasteiger partial charge in [-0.2, -0.15) is 0 Å². The molecular formula is C8H10O4. The van der Waals surface area contributed by atoms with Crippen LogP contribution in [0.2, 0.25) is 0 Å². The van der Waals surface area contributed by atoms with E-state index in [1.54, 1.807) is 0 Å². The Kier molecular flexibility index (Phi) is 4.45. The van der Waals surface area contributed by atoms with Crippen LogP contribution in [-0.4, -0.2) is 24.0 Å². The number of allylic oxidation sites excluding steroid dienone is 3. The van der Waals surface area contributed by atoms with Crippen molar-refractivity contribution in [1.82, 2.24) is 0 Å². The van der Waals surface area contributed by atoms with E-state index in [4.69, 9.17) is 5.11 Å². The third-order valence-corrected chi connectivity index (χ3v) is 0.980. The summed E-state index contributed by atoms with van der Waals surface area (Å²) in [6, 6.07) is 0. The molecule has 0 aromatic rings. The molecule has 0 fully saturated rings. The van der Waals surface area contributed by atoms with Crippen molar-refractivity contribution in [2.45, 2.75) is 6.92 Å². The fraction of sp³-hybridized carbons (Fsp3) is 0.250. The second kappa shape index (κ2) is 5.12. The molecule has 4 nitrogen and oxygen atoms in total. The van der Waals surface area contributed by atoms with Crippen LogP contribution in [0.4, 0.5) is 0 Å². The van der Waals surface area contributed by atoms with E-state index < -0.39 is 11.7 Å². The Hall–Kier alpha value is -1.58. The Labute approximate surface area is 70.1 Å². The zero-order valence-corrected chi connectivity index (χ0v) is 6.90. The van der Waals surface area contributed by atoms with Crippen molar-refractivity contribution in [1.29, 1.82) is 0 Å². The predicted molar refractivity (Wildman–Crippen MR) is 42.5 cm³/mol. The van der Waals surface area contributed by atoms with Gasteiger partial charge in [-0.3, -0.25) is 4.79 Å². The Morgan fingerprint density at radius 3 is 2.42 bits per heavy atom. The van der Waals surface area contributed by atoms with Crippen molar-refractivity contribution in [3.05, 3.63) is 24.0 Å². The first-order chi connectivity index (χ1) is 5.57. The normalized spacial score (nSPS) is 11.7. The van der Waals surface area contributed by atoms with Crippen LogP contribution in [0.5, 0.6) is 0 Å². The molecule has 0 bridgehead atoms. The molecule has 4 heteroatoms. The maximum absolute atomic E-state index is 10.5. The molecule has 0 rings (SSSR count). The van der Waals surface area contributed by atoms with Crippen LogP contribution in [0.1, 0.15) is 6.92 Å². The molecule has 0 aliphatic carbocycles. The third kappa shape index (κ3) is 4.27. The number of carbonyl (C=O) groups is 2. The lowest BCUT2D eigenvalue weighted by Crippen LogP contribution is -2.03. The molecule has 66 valence electrons. The molecule has 0 aliphatic heterocycles. The molecule has 0 atom stereocenters. The largest absolute Gasteiger partial charge is 0.502 e. The van der Waals surface area contributed by atoms with Gasteiger partial charge in [0.1, 0.15) is 0 Å². The summed E-state index contributed by atoms with van der Waals surface area (Å²) in [5.74, 6) is -1.53. The third-order valence-electron chi connectivity index (χ3n) is 0.980. The van der Waals surface area contributed by atoms with Gasteiger partial charge in [0.15, 0.2) is 5.78 Å². The van der Waals surface area contributed by atoms with E-state index in [0.717, 1.165) is 13.2 Å². The summed E-state index contributed by atoms with van der Waals surface area (Å²) >= 11 is 0. The highest BCUT2D eigenvalue weighted by Gasteiger charge is 2.03. The molecule has 0 saturated heterocycles. The SMILES string of the molecule is COC(=O)/C(O)=C/C=C/C(C)=O. The second-order valence-corrected chi connectivity index (χ2v) is 2.01. The summed E-state index contributed by atoms with van der Waals surface area (Å²) in [6.07, 6.45) is 3.58. The average Bonchev–Trinajstić information content (AvgIpc) is 2.02. The number of ketones is 1. The van der Waals surface area contributed by atoms with Crippen LogP contribution < -0.4 is 0 Å². The van der Waals surface area contributed by atoms with E-state index in [-0.39, 0.29) is 5.78 Å². The molecule has 0 radical (unpaired) electrons. The molecule has 0 saturated carbocycles. The molecule has 0 aromatic carbocycles. The molecule has 0 aromatic heterocycles. The summed E-state index contributed by atoms with van der Waals surface area (Å²) in [7, 11) is 1.15. The van der Waals surface area contributed by atoms with E-state index in [0.29, 0.717) is 0 Å². The van der Waals surface area contributed by atoms with Gasteiger partial charge < -0.3 is 9.84 Å². The Morgan fingerprint density at radius 2 is 2.00 bits per heavy atom. The minimum absolute atomic E-state index is 0.163. The zero-order valence-electron chi connectivity index (χ0n) is 6.90. The molecule has 12 heavy (non-hydrogen) atoms. The topological polar surface area (TPSA) is 63.6 Å². The first-order valence-corrected chi connectivity index (χ1v) is 3.24. The van der Waals surface area contributed by atoms with Gasteiger partial charge in [0.05, 0.1) is 7.11 Å². The summed E-state index contributed by atoms with van der Waals surface area (Å²) in [4.78, 5) is 20.9. The van der Waals surface area contributed by atoms with Gasteiger partial charge >= 0.3 is 5.97 Å². The summed E-state index contributed by atoms with van der Waals surface area (Å²) in [5, 5.41) is 8.85. The van der Waals surface area contributed by atoms with E-state index in [1.807, 2.05) is 0 Å². The van der Waals surface area contributed by atoms with E-state index in [9.17, 15) is 9.59 Å².